The molecule has 0 saturated heterocycles. The molecule has 132 valence electrons. The number of benzene rings is 2. The molecule has 0 saturated carbocycles. The van der Waals surface area contributed by atoms with Crippen LogP contribution in [0, 0.1) is 5.41 Å². The molecule has 0 bridgehead atoms. The Morgan fingerprint density at radius 1 is 1.00 bits per heavy atom. The first-order valence-electron chi connectivity index (χ1n) is 8.42. The summed E-state index contributed by atoms with van der Waals surface area (Å²) in [5, 5.41) is 0. The molecule has 0 aliphatic heterocycles. The van der Waals surface area contributed by atoms with Crippen molar-refractivity contribution in [3.63, 3.8) is 0 Å². The first-order chi connectivity index (χ1) is 11.8. The summed E-state index contributed by atoms with van der Waals surface area (Å²) in [6, 6.07) is 15.8. The van der Waals surface area contributed by atoms with Crippen LogP contribution in [-0.2, 0) is 4.79 Å². The number of allylic oxidation sites excluding steroid dienone is 1. The highest BCUT2D eigenvalue weighted by molar-refractivity contribution is 5.77. The van der Waals surface area contributed by atoms with E-state index in [1.165, 1.54) is 5.56 Å². The molecule has 2 aromatic rings. The van der Waals surface area contributed by atoms with E-state index in [1.54, 1.807) is 7.11 Å². The van der Waals surface area contributed by atoms with Gasteiger partial charge in [-0.15, -0.1) is 6.58 Å². The minimum Gasteiger partial charge on any atom is -0.497 e. The number of methoxy groups -OCH3 is 1. The van der Waals surface area contributed by atoms with Crippen LogP contribution in [0.4, 0.5) is 0 Å². The summed E-state index contributed by atoms with van der Waals surface area (Å²) >= 11 is 0. The quantitative estimate of drug-likeness (QED) is 0.404. The van der Waals surface area contributed by atoms with Crippen LogP contribution in [-0.4, -0.2) is 13.1 Å². The number of carbonyl (C=O) groups excluding carboxylic acids is 1. The van der Waals surface area contributed by atoms with E-state index in [0.29, 0.717) is 5.75 Å². The molecule has 0 amide bonds. The van der Waals surface area contributed by atoms with Crippen LogP contribution in [0.15, 0.2) is 61.2 Å². The van der Waals surface area contributed by atoms with E-state index >= 15 is 0 Å². The van der Waals surface area contributed by atoms with E-state index in [4.69, 9.17) is 9.47 Å². The van der Waals surface area contributed by atoms with Crippen molar-refractivity contribution >= 4 is 5.97 Å². The number of hydrogen-bond acceptors (Lipinski definition) is 3. The van der Waals surface area contributed by atoms with Gasteiger partial charge in [-0.3, -0.25) is 4.79 Å². The minimum absolute atomic E-state index is 0.204. The van der Waals surface area contributed by atoms with Crippen molar-refractivity contribution < 1.29 is 14.3 Å². The van der Waals surface area contributed by atoms with E-state index in [0.717, 1.165) is 17.7 Å². The summed E-state index contributed by atoms with van der Waals surface area (Å²) in [6.45, 7) is 9.40. The maximum atomic E-state index is 12.0. The largest absolute Gasteiger partial charge is 0.497 e. The van der Waals surface area contributed by atoms with Crippen molar-refractivity contribution in [3.05, 3.63) is 72.3 Å². The molecule has 0 spiro atoms. The predicted molar refractivity (Wildman–Crippen MR) is 101 cm³/mol. The van der Waals surface area contributed by atoms with Gasteiger partial charge in [0.25, 0.3) is 0 Å². The monoisotopic (exact) mass is 338 g/mol. The first kappa shape index (κ1) is 18.8. The topological polar surface area (TPSA) is 35.5 Å². The molecule has 1 unspecified atom stereocenters. The lowest BCUT2D eigenvalue weighted by Gasteiger charge is -2.19. The highest BCUT2D eigenvalue weighted by Gasteiger charge is 2.23. The van der Waals surface area contributed by atoms with E-state index < -0.39 is 5.41 Å². The summed E-state index contributed by atoms with van der Waals surface area (Å²) in [7, 11) is 1.66. The molecule has 3 heteroatoms. The number of esters is 1. The van der Waals surface area contributed by atoms with Gasteiger partial charge in [0.1, 0.15) is 11.5 Å². The van der Waals surface area contributed by atoms with Gasteiger partial charge < -0.3 is 9.47 Å². The number of rotatable bonds is 6. The average Bonchev–Trinajstić information content (AvgIpc) is 2.60. The van der Waals surface area contributed by atoms with Crippen LogP contribution in [0.3, 0.4) is 0 Å². The molecule has 0 aromatic heterocycles. The van der Waals surface area contributed by atoms with E-state index in [9.17, 15) is 4.79 Å². The van der Waals surface area contributed by atoms with Crippen molar-refractivity contribution in [2.24, 2.45) is 5.41 Å². The van der Waals surface area contributed by atoms with E-state index in [1.807, 2.05) is 63.2 Å². The van der Waals surface area contributed by atoms with Crippen molar-refractivity contribution in [1.82, 2.24) is 0 Å². The number of ether oxygens (including phenoxy) is 2. The molecule has 3 nitrogen and oxygen atoms in total. The Labute approximate surface area is 150 Å². The van der Waals surface area contributed by atoms with E-state index in [-0.39, 0.29) is 11.9 Å². The molecule has 2 rings (SSSR count). The number of carbonyl (C=O) groups is 1. The van der Waals surface area contributed by atoms with Gasteiger partial charge in [-0.05, 0) is 62.6 Å². The van der Waals surface area contributed by atoms with Gasteiger partial charge in [0.15, 0.2) is 0 Å². The second-order valence-corrected chi connectivity index (χ2v) is 7.06. The van der Waals surface area contributed by atoms with Crippen molar-refractivity contribution in [1.29, 1.82) is 0 Å². The molecule has 0 aliphatic carbocycles. The lowest BCUT2D eigenvalue weighted by Crippen LogP contribution is -2.25. The molecule has 25 heavy (non-hydrogen) atoms. The van der Waals surface area contributed by atoms with Crippen LogP contribution < -0.4 is 9.47 Å². The zero-order chi connectivity index (χ0) is 18.4. The highest BCUT2D eigenvalue weighted by atomic mass is 16.5. The lowest BCUT2D eigenvalue weighted by atomic mass is 9.88. The van der Waals surface area contributed by atoms with Crippen LogP contribution in [0.2, 0.25) is 0 Å². The average molecular weight is 338 g/mol. The Balaban J connectivity index is 2.21. The summed E-state index contributed by atoms with van der Waals surface area (Å²) in [5.74, 6) is 1.37. The van der Waals surface area contributed by atoms with Crippen molar-refractivity contribution in [2.75, 3.05) is 7.11 Å². The smallest absolute Gasteiger partial charge is 0.316 e. The van der Waals surface area contributed by atoms with Crippen LogP contribution in [0.5, 0.6) is 11.5 Å². The third-order valence-electron chi connectivity index (χ3n) is 4.03. The Bertz CT molecular complexity index is 706. The molecule has 0 fully saturated rings. The summed E-state index contributed by atoms with van der Waals surface area (Å²) in [6.07, 6.45) is 2.75. The lowest BCUT2D eigenvalue weighted by molar-refractivity contribution is -0.142. The molecule has 1 atom stereocenters. The molecule has 0 radical (unpaired) electrons. The molecule has 0 heterocycles. The van der Waals surface area contributed by atoms with Gasteiger partial charge in [0.2, 0.25) is 0 Å². The van der Waals surface area contributed by atoms with Gasteiger partial charge in [0, 0.05) is 5.92 Å². The second kappa shape index (κ2) is 8.02. The van der Waals surface area contributed by atoms with Crippen LogP contribution in [0.1, 0.15) is 44.2 Å². The molecular formula is C22H26O3. The fourth-order valence-corrected chi connectivity index (χ4v) is 2.50. The van der Waals surface area contributed by atoms with Gasteiger partial charge >= 0.3 is 5.97 Å². The maximum Gasteiger partial charge on any atom is 0.316 e. The minimum atomic E-state index is -0.521. The van der Waals surface area contributed by atoms with Gasteiger partial charge in [-0.2, -0.15) is 0 Å². The molecule has 0 N–H and O–H groups in total. The summed E-state index contributed by atoms with van der Waals surface area (Å²) < 4.78 is 10.7. The third kappa shape index (κ3) is 4.96. The zero-order valence-electron chi connectivity index (χ0n) is 15.4. The van der Waals surface area contributed by atoms with Gasteiger partial charge in [-0.25, -0.2) is 0 Å². The summed E-state index contributed by atoms with van der Waals surface area (Å²) in [4.78, 5) is 12.0. The molecular weight excluding hydrogens is 312 g/mol. The van der Waals surface area contributed by atoms with Crippen molar-refractivity contribution in [2.45, 2.75) is 33.1 Å². The Kier molecular flexibility index (Phi) is 6.02. The molecule has 2 aromatic carbocycles. The normalized spacial score (nSPS) is 12.3. The van der Waals surface area contributed by atoms with Crippen LogP contribution in [0.25, 0.3) is 0 Å². The Morgan fingerprint density at radius 2 is 1.48 bits per heavy atom. The summed E-state index contributed by atoms with van der Waals surface area (Å²) in [5.41, 5.74) is 1.83. The van der Waals surface area contributed by atoms with Gasteiger partial charge in [0.05, 0.1) is 12.5 Å². The fourth-order valence-electron chi connectivity index (χ4n) is 2.50. The number of hydrogen-bond donors (Lipinski definition) is 0. The highest BCUT2D eigenvalue weighted by Crippen LogP contribution is 2.31. The van der Waals surface area contributed by atoms with E-state index in [2.05, 4.69) is 18.7 Å². The van der Waals surface area contributed by atoms with Crippen molar-refractivity contribution in [3.8, 4) is 11.5 Å². The maximum absolute atomic E-state index is 12.0. The zero-order valence-corrected chi connectivity index (χ0v) is 15.4. The molecule has 0 aliphatic rings. The standard InChI is InChI=1S/C22H26O3/c1-6-7-20(16-8-12-18(24-5)13-9-16)17-10-14-19(15-11-17)25-21(23)22(2,3)4/h6,8-15,20H,1,7H2,2-5H3. The third-order valence-corrected chi connectivity index (χ3v) is 4.03. The Morgan fingerprint density at radius 3 is 1.88 bits per heavy atom. The predicted octanol–water partition coefficient (Wildman–Crippen LogP) is 5.35. The van der Waals surface area contributed by atoms with Gasteiger partial charge in [-0.1, -0.05) is 30.3 Å². The Hall–Kier alpha value is -2.55. The second-order valence-electron chi connectivity index (χ2n) is 7.06. The first-order valence-corrected chi connectivity index (χ1v) is 8.42. The van der Waals surface area contributed by atoms with Crippen LogP contribution >= 0.6 is 0 Å². The fraction of sp³-hybridized carbons (Fsp3) is 0.318. The SMILES string of the molecule is C=CCC(c1ccc(OC)cc1)c1ccc(OC(=O)C(C)(C)C)cc1.